The molecule has 2 heterocycles. The summed E-state index contributed by atoms with van der Waals surface area (Å²) in [5.41, 5.74) is 2.08. The number of hydrogen-bond acceptors (Lipinski definition) is 7. The molecule has 10 nitrogen and oxygen atoms in total. The monoisotopic (exact) mass is 422 g/mol. The number of amides is 2. The van der Waals surface area contributed by atoms with Crippen LogP contribution in [0.4, 0.5) is 4.79 Å². The van der Waals surface area contributed by atoms with E-state index < -0.39 is 11.7 Å². The van der Waals surface area contributed by atoms with Gasteiger partial charge in [0.15, 0.2) is 0 Å². The van der Waals surface area contributed by atoms with Gasteiger partial charge in [0.25, 0.3) is 0 Å². The minimum Gasteiger partial charge on any atom is -0.463 e. The van der Waals surface area contributed by atoms with Crippen molar-refractivity contribution < 1.29 is 23.9 Å². The van der Waals surface area contributed by atoms with Crippen LogP contribution in [0.3, 0.4) is 0 Å². The van der Waals surface area contributed by atoms with Gasteiger partial charge in [0.2, 0.25) is 0 Å². The Kier molecular flexibility index (Phi) is 9.73. The molecule has 1 aromatic rings. The van der Waals surface area contributed by atoms with Crippen molar-refractivity contribution in [3.05, 3.63) is 38.7 Å². The zero-order chi connectivity index (χ0) is 22.8. The van der Waals surface area contributed by atoms with Crippen molar-refractivity contribution in [3.8, 4) is 0 Å². The molecule has 1 atom stereocenters. The highest BCUT2D eigenvalue weighted by Crippen LogP contribution is 2.16. The molecule has 1 aliphatic rings. The fourth-order valence-corrected chi connectivity index (χ4v) is 2.93. The average molecular weight is 422 g/mol. The van der Waals surface area contributed by atoms with Crippen LogP contribution in [0.15, 0.2) is 16.1 Å². The van der Waals surface area contributed by atoms with Crippen LogP contribution in [0, 0.1) is 6.92 Å². The quantitative estimate of drug-likeness (QED) is 0.593. The predicted octanol–water partition coefficient (Wildman–Crippen LogP) is 1.73. The van der Waals surface area contributed by atoms with Gasteiger partial charge in [0.05, 0.1) is 30.5 Å². The number of nitrogens with zero attached hydrogens (tertiary/aromatic N) is 1. The van der Waals surface area contributed by atoms with Gasteiger partial charge in [0.1, 0.15) is 5.56 Å². The van der Waals surface area contributed by atoms with Crippen molar-refractivity contribution in [1.82, 2.24) is 20.6 Å². The van der Waals surface area contributed by atoms with Crippen LogP contribution >= 0.6 is 0 Å². The number of ether oxygens (including phenoxy) is 2. The predicted molar refractivity (Wildman–Crippen MR) is 110 cm³/mol. The molecule has 0 aromatic carbocycles. The van der Waals surface area contributed by atoms with Gasteiger partial charge < -0.3 is 25.1 Å². The number of aryl methyl sites for hydroxylation is 2. The number of nitrogens with one attached hydrogen (secondary N) is 3. The van der Waals surface area contributed by atoms with E-state index >= 15 is 0 Å². The third-order valence-electron chi connectivity index (χ3n) is 4.23. The van der Waals surface area contributed by atoms with Gasteiger partial charge in [-0.2, -0.15) is 4.98 Å². The fourth-order valence-electron chi connectivity index (χ4n) is 2.93. The van der Waals surface area contributed by atoms with Gasteiger partial charge in [-0.3, -0.25) is 0 Å². The molecule has 1 unspecified atom stereocenters. The van der Waals surface area contributed by atoms with Crippen LogP contribution in [-0.2, 0) is 20.7 Å². The molecule has 3 N–H and O–H groups in total. The van der Waals surface area contributed by atoms with E-state index in [0.717, 1.165) is 0 Å². The van der Waals surface area contributed by atoms with Gasteiger partial charge >= 0.3 is 23.7 Å². The summed E-state index contributed by atoms with van der Waals surface area (Å²) in [6, 6.07) is -0.569. The van der Waals surface area contributed by atoms with Gasteiger partial charge in [-0.25, -0.2) is 19.2 Å². The van der Waals surface area contributed by atoms with Gasteiger partial charge in [-0.1, -0.05) is 13.8 Å². The lowest BCUT2D eigenvalue weighted by atomic mass is 10.0. The van der Waals surface area contributed by atoms with E-state index in [0.29, 0.717) is 54.3 Å². The van der Waals surface area contributed by atoms with Crippen LogP contribution in [0.1, 0.15) is 62.8 Å². The lowest BCUT2D eigenvalue weighted by molar-refractivity contribution is -0.139. The third kappa shape index (κ3) is 6.43. The first-order chi connectivity index (χ1) is 14.2. The number of carbonyl (C=O) groups is 3. The fraction of sp³-hybridized carbons (Fsp3) is 0.550. The molecular formula is C20H30N4O6. The molecule has 2 amide bonds. The summed E-state index contributed by atoms with van der Waals surface area (Å²) in [7, 11) is 0. The maximum Gasteiger partial charge on any atom is 0.345 e. The molecule has 1 aliphatic heterocycles. The van der Waals surface area contributed by atoms with Crippen LogP contribution < -0.4 is 16.3 Å². The van der Waals surface area contributed by atoms with Crippen molar-refractivity contribution in [3.63, 3.8) is 0 Å². The number of rotatable bonds is 6. The Bertz CT molecular complexity index is 875. The number of aromatic nitrogens is 2. The van der Waals surface area contributed by atoms with Gasteiger partial charge in [0, 0.05) is 11.4 Å². The van der Waals surface area contributed by atoms with E-state index in [4.69, 9.17) is 9.47 Å². The van der Waals surface area contributed by atoms with E-state index in [1.54, 1.807) is 27.7 Å². The topological polar surface area (TPSA) is 139 Å². The second-order valence-corrected chi connectivity index (χ2v) is 6.35. The van der Waals surface area contributed by atoms with Crippen molar-refractivity contribution >= 4 is 18.0 Å². The van der Waals surface area contributed by atoms with E-state index in [2.05, 4.69) is 20.6 Å². The highest BCUT2D eigenvalue weighted by molar-refractivity contribution is 5.94. The van der Waals surface area contributed by atoms with E-state index in [1.807, 2.05) is 13.8 Å². The minimum atomic E-state index is -0.435. The van der Waals surface area contributed by atoms with Gasteiger partial charge in [-0.05, 0) is 40.5 Å². The number of aromatic amines is 1. The molecule has 10 heteroatoms. The lowest BCUT2D eigenvalue weighted by Gasteiger charge is -2.25. The third-order valence-corrected chi connectivity index (χ3v) is 4.23. The molecule has 2 rings (SSSR count). The van der Waals surface area contributed by atoms with E-state index in [1.165, 1.54) is 0 Å². The van der Waals surface area contributed by atoms with Crippen LogP contribution in [-0.4, -0.2) is 47.2 Å². The number of hydrogen-bond donors (Lipinski definition) is 3. The molecule has 30 heavy (non-hydrogen) atoms. The number of carbonyl (C=O) groups excluding carboxylic acids is 3. The van der Waals surface area contributed by atoms with Crippen molar-refractivity contribution in [2.24, 2.45) is 0 Å². The second kappa shape index (κ2) is 11.7. The second-order valence-electron chi connectivity index (χ2n) is 6.35. The Labute approximate surface area is 175 Å². The molecule has 0 spiro atoms. The average Bonchev–Trinajstić information content (AvgIpc) is 2.67. The summed E-state index contributed by atoms with van der Waals surface area (Å²) < 4.78 is 9.82. The molecule has 0 aliphatic carbocycles. The SMILES string of the molecule is CCOC(=O)C1=C(CC)NC(=O)NC1C.CCOC(=O)c1c(CC)nc(=O)[nH]c1C. The summed E-state index contributed by atoms with van der Waals surface area (Å²) >= 11 is 0. The number of allylic oxidation sites excluding steroid dienone is 1. The van der Waals surface area contributed by atoms with Crippen LogP contribution in [0.2, 0.25) is 0 Å². The van der Waals surface area contributed by atoms with E-state index in [-0.39, 0.29) is 18.0 Å². The normalized spacial score (nSPS) is 15.4. The maximum atomic E-state index is 11.6. The molecule has 1 aromatic heterocycles. The first-order valence-electron chi connectivity index (χ1n) is 9.94. The highest BCUT2D eigenvalue weighted by Gasteiger charge is 2.28. The Morgan fingerprint density at radius 1 is 1.00 bits per heavy atom. The van der Waals surface area contributed by atoms with Crippen LogP contribution in [0.5, 0.6) is 0 Å². The highest BCUT2D eigenvalue weighted by atomic mass is 16.5. The van der Waals surface area contributed by atoms with Crippen molar-refractivity contribution in [2.45, 2.75) is 60.4 Å². The lowest BCUT2D eigenvalue weighted by Crippen LogP contribution is -2.49. The summed E-state index contributed by atoms with van der Waals surface area (Å²) in [5, 5.41) is 5.24. The zero-order valence-corrected chi connectivity index (χ0v) is 18.3. The Morgan fingerprint density at radius 3 is 2.13 bits per heavy atom. The molecule has 166 valence electrons. The largest absolute Gasteiger partial charge is 0.463 e. The first kappa shape index (κ1) is 24.9. The Morgan fingerprint density at radius 2 is 1.60 bits per heavy atom. The molecular weight excluding hydrogens is 392 g/mol. The summed E-state index contributed by atoms with van der Waals surface area (Å²) in [5.74, 6) is -0.801. The minimum absolute atomic E-state index is 0.271. The molecule has 0 fully saturated rings. The molecule has 0 saturated heterocycles. The molecule has 0 radical (unpaired) electrons. The van der Waals surface area contributed by atoms with Crippen molar-refractivity contribution in [2.75, 3.05) is 13.2 Å². The summed E-state index contributed by atoms with van der Waals surface area (Å²) in [4.78, 5) is 51.7. The zero-order valence-electron chi connectivity index (χ0n) is 18.3. The number of urea groups is 1. The Hall–Kier alpha value is -3.17. The smallest absolute Gasteiger partial charge is 0.345 e. The maximum absolute atomic E-state index is 11.6. The standard InChI is InChI=1S/C10H16N2O3.C10H14N2O3/c2*1-4-7-8(9(13)15-5-2)6(3)11-10(14)12-7/h6H,4-5H2,1-3H3,(H2,11,12,14);4-5H2,1-3H3,(H,11,12,14). The first-order valence-corrected chi connectivity index (χ1v) is 9.94. The number of esters is 2. The summed E-state index contributed by atoms with van der Waals surface area (Å²) in [6.45, 7) is 11.3. The summed E-state index contributed by atoms with van der Waals surface area (Å²) in [6.07, 6.45) is 1.13. The van der Waals surface area contributed by atoms with Crippen molar-refractivity contribution in [1.29, 1.82) is 0 Å². The number of H-pyrrole nitrogens is 1. The van der Waals surface area contributed by atoms with E-state index in [9.17, 15) is 19.2 Å². The molecule has 0 bridgehead atoms. The molecule has 0 saturated carbocycles. The Balaban J connectivity index is 0.000000300. The van der Waals surface area contributed by atoms with Crippen LogP contribution in [0.25, 0.3) is 0 Å². The van der Waals surface area contributed by atoms with Gasteiger partial charge in [-0.15, -0.1) is 0 Å².